The van der Waals surface area contributed by atoms with Crippen molar-refractivity contribution in [2.45, 2.75) is 19.9 Å². The molecule has 0 bridgehead atoms. The van der Waals surface area contributed by atoms with Crippen molar-refractivity contribution in [3.63, 3.8) is 0 Å². The monoisotopic (exact) mass is 423 g/mol. The Hall–Kier alpha value is -3.30. The summed E-state index contributed by atoms with van der Waals surface area (Å²) in [6, 6.07) is 11.5. The Morgan fingerprint density at radius 3 is 2.84 bits per heavy atom. The van der Waals surface area contributed by atoms with E-state index in [0.29, 0.717) is 35.6 Å². The molecule has 1 aliphatic rings. The van der Waals surface area contributed by atoms with Gasteiger partial charge in [0, 0.05) is 19.2 Å². The Bertz CT molecular complexity index is 1150. The van der Waals surface area contributed by atoms with Crippen LogP contribution in [-0.4, -0.2) is 52.2 Å². The number of aromatic nitrogens is 2. The molecule has 162 valence electrons. The van der Waals surface area contributed by atoms with E-state index in [1.165, 1.54) is 16.7 Å². The number of nitrogens with one attached hydrogen (secondary N) is 1. The minimum Gasteiger partial charge on any atom is -0.491 e. The lowest BCUT2D eigenvalue weighted by atomic mass is 10.2. The zero-order chi connectivity index (χ0) is 21.8. The van der Waals surface area contributed by atoms with Crippen LogP contribution in [0.5, 0.6) is 5.75 Å². The van der Waals surface area contributed by atoms with Gasteiger partial charge in [-0.2, -0.15) is 0 Å². The van der Waals surface area contributed by atoms with Crippen molar-refractivity contribution in [3.05, 3.63) is 68.8 Å². The highest BCUT2D eigenvalue weighted by molar-refractivity contribution is 5.78. The second kappa shape index (κ2) is 9.23. The summed E-state index contributed by atoms with van der Waals surface area (Å²) in [7, 11) is 0. The standard InChI is InChI=1S/C22H25N5O4/c1-2-31-20-14-16(27(29)30)8-9-19(20)26-21(15-25-12-5-10-23-11-13-25)24-18-7-4-3-6-17(18)22(26)28/h3-4,6-9,14,23H,2,5,10-13,15H2,1H3. The molecule has 31 heavy (non-hydrogen) atoms. The Morgan fingerprint density at radius 1 is 1.19 bits per heavy atom. The number of fused-ring (bicyclic) bond motifs is 1. The third-order valence-corrected chi connectivity index (χ3v) is 5.34. The number of benzene rings is 2. The fraction of sp³-hybridized carbons (Fsp3) is 0.364. The summed E-state index contributed by atoms with van der Waals surface area (Å²) in [5, 5.41) is 15.1. The quantitative estimate of drug-likeness (QED) is 0.480. The maximum atomic E-state index is 13.5. The van der Waals surface area contributed by atoms with Crippen LogP contribution in [0.25, 0.3) is 16.6 Å². The molecule has 1 N–H and O–H groups in total. The van der Waals surface area contributed by atoms with Gasteiger partial charge in [0.05, 0.1) is 40.7 Å². The van der Waals surface area contributed by atoms with Gasteiger partial charge in [-0.05, 0) is 44.6 Å². The number of non-ortho nitro benzene ring substituents is 1. The SMILES string of the molecule is CCOc1cc([N+](=O)[O-])ccc1-n1c(CN2CCCNCC2)nc2ccccc2c1=O. The Morgan fingerprint density at radius 2 is 2.03 bits per heavy atom. The second-order valence-corrected chi connectivity index (χ2v) is 7.41. The molecule has 4 rings (SSSR count). The Balaban J connectivity index is 1.90. The van der Waals surface area contributed by atoms with E-state index in [-0.39, 0.29) is 17.0 Å². The summed E-state index contributed by atoms with van der Waals surface area (Å²) in [5.74, 6) is 0.870. The van der Waals surface area contributed by atoms with Gasteiger partial charge in [0.1, 0.15) is 11.6 Å². The van der Waals surface area contributed by atoms with E-state index in [4.69, 9.17) is 9.72 Å². The average Bonchev–Trinajstić information content (AvgIpc) is 3.03. The van der Waals surface area contributed by atoms with Crippen LogP contribution in [-0.2, 0) is 6.54 Å². The number of ether oxygens (including phenoxy) is 1. The molecule has 0 unspecified atom stereocenters. The molecule has 0 radical (unpaired) electrons. The molecule has 1 aromatic heterocycles. The van der Waals surface area contributed by atoms with Gasteiger partial charge in [-0.15, -0.1) is 0 Å². The predicted octanol–water partition coefficient (Wildman–Crippen LogP) is 2.49. The smallest absolute Gasteiger partial charge is 0.273 e. The summed E-state index contributed by atoms with van der Waals surface area (Å²) in [4.78, 5) is 31.4. The first-order valence-corrected chi connectivity index (χ1v) is 10.4. The molecule has 9 nitrogen and oxygen atoms in total. The van der Waals surface area contributed by atoms with Crippen molar-refractivity contribution in [2.24, 2.45) is 0 Å². The van der Waals surface area contributed by atoms with Crippen LogP contribution in [0.15, 0.2) is 47.3 Å². The number of para-hydroxylation sites is 1. The first-order valence-electron chi connectivity index (χ1n) is 10.4. The molecule has 1 fully saturated rings. The highest BCUT2D eigenvalue weighted by atomic mass is 16.6. The van der Waals surface area contributed by atoms with E-state index in [1.54, 1.807) is 25.1 Å². The van der Waals surface area contributed by atoms with Crippen LogP contribution in [0, 0.1) is 10.1 Å². The van der Waals surface area contributed by atoms with E-state index in [1.807, 2.05) is 12.1 Å². The van der Waals surface area contributed by atoms with Gasteiger partial charge in [0.25, 0.3) is 11.2 Å². The molecule has 1 saturated heterocycles. The zero-order valence-corrected chi connectivity index (χ0v) is 17.4. The van der Waals surface area contributed by atoms with Crippen molar-refractivity contribution in [3.8, 4) is 11.4 Å². The van der Waals surface area contributed by atoms with Gasteiger partial charge < -0.3 is 10.1 Å². The minimum atomic E-state index is -0.473. The first-order chi connectivity index (χ1) is 15.1. The maximum absolute atomic E-state index is 13.5. The summed E-state index contributed by atoms with van der Waals surface area (Å²) in [6.45, 7) is 6.19. The topological polar surface area (TPSA) is 103 Å². The van der Waals surface area contributed by atoms with Crippen molar-refractivity contribution in [1.82, 2.24) is 19.8 Å². The number of nitro benzene ring substituents is 1. The zero-order valence-electron chi connectivity index (χ0n) is 17.4. The Labute approximate surface area is 179 Å². The summed E-state index contributed by atoms with van der Waals surface area (Å²) in [5.41, 5.74) is 0.780. The normalized spacial score (nSPS) is 15.0. The molecule has 2 heterocycles. The van der Waals surface area contributed by atoms with Gasteiger partial charge in [0.2, 0.25) is 0 Å². The fourth-order valence-electron chi connectivity index (χ4n) is 3.87. The van der Waals surface area contributed by atoms with Crippen LogP contribution in [0.2, 0.25) is 0 Å². The van der Waals surface area contributed by atoms with Gasteiger partial charge in [0.15, 0.2) is 0 Å². The fourth-order valence-corrected chi connectivity index (χ4v) is 3.87. The molecule has 0 aliphatic carbocycles. The second-order valence-electron chi connectivity index (χ2n) is 7.41. The minimum absolute atomic E-state index is 0.0888. The van der Waals surface area contributed by atoms with Crippen LogP contribution in [0.3, 0.4) is 0 Å². The third kappa shape index (κ3) is 4.42. The van der Waals surface area contributed by atoms with Gasteiger partial charge in [-0.25, -0.2) is 4.98 Å². The molecule has 0 amide bonds. The third-order valence-electron chi connectivity index (χ3n) is 5.34. The lowest BCUT2D eigenvalue weighted by Crippen LogP contribution is -2.32. The lowest BCUT2D eigenvalue weighted by molar-refractivity contribution is -0.384. The van der Waals surface area contributed by atoms with E-state index < -0.39 is 4.92 Å². The largest absolute Gasteiger partial charge is 0.491 e. The highest BCUT2D eigenvalue weighted by Crippen LogP contribution is 2.29. The summed E-state index contributed by atoms with van der Waals surface area (Å²) < 4.78 is 7.24. The van der Waals surface area contributed by atoms with Crippen LogP contribution < -0.4 is 15.6 Å². The predicted molar refractivity (Wildman–Crippen MR) is 118 cm³/mol. The summed E-state index contributed by atoms with van der Waals surface area (Å²) >= 11 is 0. The molecule has 2 aromatic carbocycles. The molecule has 0 spiro atoms. The maximum Gasteiger partial charge on any atom is 0.273 e. The van der Waals surface area contributed by atoms with E-state index in [2.05, 4.69) is 10.2 Å². The average molecular weight is 423 g/mol. The van der Waals surface area contributed by atoms with Crippen LogP contribution in [0.1, 0.15) is 19.2 Å². The number of rotatable bonds is 6. The number of hydrogen-bond donors (Lipinski definition) is 1. The van der Waals surface area contributed by atoms with Gasteiger partial charge in [-0.3, -0.25) is 24.4 Å². The number of nitrogens with zero attached hydrogens (tertiary/aromatic N) is 4. The molecular weight excluding hydrogens is 398 g/mol. The summed E-state index contributed by atoms with van der Waals surface area (Å²) in [6.07, 6.45) is 1.01. The molecule has 0 saturated carbocycles. The van der Waals surface area contributed by atoms with Gasteiger partial charge in [-0.1, -0.05) is 12.1 Å². The molecule has 9 heteroatoms. The van der Waals surface area contributed by atoms with E-state index in [0.717, 1.165) is 32.6 Å². The van der Waals surface area contributed by atoms with Crippen LogP contribution in [0.4, 0.5) is 5.69 Å². The van der Waals surface area contributed by atoms with E-state index >= 15 is 0 Å². The molecule has 1 aliphatic heterocycles. The van der Waals surface area contributed by atoms with Crippen molar-refractivity contribution < 1.29 is 9.66 Å². The molecular formula is C22H25N5O4. The number of hydrogen-bond acceptors (Lipinski definition) is 7. The first kappa shape index (κ1) is 21.0. The van der Waals surface area contributed by atoms with Crippen molar-refractivity contribution >= 4 is 16.6 Å². The Kier molecular flexibility index (Phi) is 6.24. The van der Waals surface area contributed by atoms with Crippen LogP contribution >= 0.6 is 0 Å². The van der Waals surface area contributed by atoms with Gasteiger partial charge >= 0.3 is 0 Å². The lowest BCUT2D eigenvalue weighted by Gasteiger charge is -2.22. The number of nitro groups is 1. The highest BCUT2D eigenvalue weighted by Gasteiger charge is 2.21. The molecule has 3 aromatic rings. The molecule has 0 atom stereocenters. The van der Waals surface area contributed by atoms with E-state index in [9.17, 15) is 14.9 Å². The van der Waals surface area contributed by atoms with Crippen molar-refractivity contribution in [2.75, 3.05) is 32.8 Å². The van der Waals surface area contributed by atoms with Crippen molar-refractivity contribution in [1.29, 1.82) is 0 Å².